The van der Waals surface area contributed by atoms with E-state index in [0.717, 1.165) is 28.5 Å². The maximum absolute atomic E-state index is 12.8. The Balaban J connectivity index is 1.41. The van der Waals surface area contributed by atoms with Gasteiger partial charge in [0.25, 0.3) is 11.1 Å². The SMILES string of the molecule is Cc1cccc(OCCN2C(=O)S/C(=C\c3ccccc3OCc3ccc(Cl)cc3)C2=O)c1. The van der Waals surface area contributed by atoms with Crippen LogP contribution in [-0.4, -0.2) is 29.2 Å². The molecule has 1 aliphatic heterocycles. The Morgan fingerprint density at radius 2 is 1.76 bits per heavy atom. The summed E-state index contributed by atoms with van der Waals surface area (Å²) in [5, 5.41) is 0.359. The number of amides is 2. The second kappa shape index (κ2) is 10.6. The third kappa shape index (κ3) is 5.97. The van der Waals surface area contributed by atoms with Crippen LogP contribution in [0.2, 0.25) is 5.02 Å². The molecule has 0 spiro atoms. The average molecular weight is 480 g/mol. The number of ether oxygens (including phenoxy) is 2. The quantitative estimate of drug-likeness (QED) is 0.353. The van der Waals surface area contributed by atoms with Gasteiger partial charge < -0.3 is 9.47 Å². The van der Waals surface area contributed by atoms with Crippen LogP contribution in [0.4, 0.5) is 4.79 Å². The number of benzene rings is 3. The maximum Gasteiger partial charge on any atom is 0.293 e. The fraction of sp³-hybridized carbons (Fsp3) is 0.154. The Bertz CT molecular complexity index is 1190. The minimum Gasteiger partial charge on any atom is -0.492 e. The Morgan fingerprint density at radius 3 is 2.55 bits per heavy atom. The van der Waals surface area contributed by atoms with Gasteiger partial charge in [0.05, 0.1) is 11.4 Å². The summed E-state index contributed by atoms with van der Waals surface area (Å²) in [6.45, 7) is 2.76. The highest BCUT2D eigenvalue weighted by atomic mass is 35.5. The molecular weight excluding hydrogens is 458 g/mol. The average Bonchev–Trinajstić information content (AvgIpc) is 3.07. The predicted octanol–water partition coefficient (Wildman–Crippen LogP) is 6.34. The van der Waals surface area contributed by atoms with Gasteiger partial charge in [0.15, 0.2) is 0 Å². The first-order valence-electron chi connectivity index (χ1n) is 10.4. The van der Waals surface area contributed by atoms with Crippen LogP contribution in [0.15, 0.2) is 77.7 Å². The van der Waals surface area contributed by atoms with Crippen molar-refractivity contribution < 1.29 is 19.1 Å². The highest BCUT2D eigenvalue weighted by Gasteiger charge is 2.35. The van der Waals surface area contributed by atoms with E-state index in [1.807, 2.05) is 79.7 Å². The van der Waals surface area contributed by atoms with E-state index in [9.17, 15) is 9.59 Å². The molecule has 1 aliphatic rings. The Kier molecular flexibility index (Phi) is 7.37. The van der Waals surface area contributed by atoms with E-state index in [2.05, 4.69) is 0 Å². The molecule has 33 heavy (non-hydrogen) atoms. The zero-order chi connectivity index (χ0) is 23.2. The van der Waals surface area contributed by atoms with Crippen molar-refractivity contribution in [1.29, 1.82) is 0 Å². The largest absolute Gasteiger partial charge is 0.492 e. The normalized spacial score (nSPS) is 14.7. The summed E-state index contributed by atoms with van der Waals surface area (Å²) in [7, 11) is 0. The molecule has 3 aromatic carbocycles. The van der Waals surface area contributed by atoms with E-state index in [4.69, 9.17) is 21.1 Å². The molecule has 5 nitrogen and oxygen atoms in total. The highest BCUT2D eigenvalue weighted by Crippen LogP contribution is 2.34. The summed E-state index contributed by atoms with van der Waals surface area (Å²) in [4.78, 5) is 26.9. The van der Waals surface area contributed by atoms with Crippen LogP contribution in [0, 0.1) is 6.92 Å². The van der Waals surface area contributed by atoms with Gasteiger partial charge in [-0.2, -0.15) is 0 Å². The Labute approximate surface area is 202 Å². The van der Waals surface area contributed by atoms with Gasteiger partial charge >= 0.3 is 0 Å². The molecule has 0 bridgehead atoms. The topological polar surface area (TPSA) is 55.8 Å². The van der Waals surface area contributed by atoms with Crippen molar-refractivity contribution in [3.8, 4) is 11.5 Å². The molecule has 3 aromatic rings. The highest BCUT2D eigenvalue weighted by molar-refractivity contribution is 8.18. The first kappa shape index (κ1) is 23.0. The third-order valence-corrected chi connectivity index (χ3v) is 6.12. The molecule has 1 saturated heterocycles. The lowest BCUT2D eigenvalue weighted by molar-refractivity contribution is -0.123. The van der Waals surface area contributed by atoms with Crippen LogP contribution in [0.1, 0.15) is 16.7 Å². The van der Waals surface area contributed by atoms with Gasteiger partial charge in [-0.25, -0.2) is 0 Å². The van der Waals surface area contributed by atoms with Crippen molar-refractivity contribution in [3.05, 3.63) is 99.4 Å². The second-order valence-corrected chi connectivity index (χ2v) is 8.88. The smallest absolute Gasteiger partial charge is 0.293 e. The minimum atomic E-state index is -0.328. The number of carbonyl (C=O) groups excluding carboxylic acids is 2. The number of imide groups is 1. The molecule has 0 aliphatic carbocycles. The van der Waals surface area contributed by atoms with Gasteiger partial charge in [0, 0.05) is 10.6 Å². The lowest BCUT2D eigenvalue weighted by Gasteiger charge is -2.13. The molecule has 4 rings (SSSR count). The monoisotopic (exact) mass is 479 g/mol. The summed E-state index contributed by atoms with van der Waals surface area (Å²) in [6.07, 6.45) is 1.70. The third-order valence-electron chi connectivity index (χ3n) is 4.96. The number of carbonyl (C=O) groups is 2. The van der Waals surface area contributed by atoms with Crippen molar-refractivity contribution >= 4 is 40.6 Å². The van der Waals surface area contributed by atoms with E-state index in [1.165, 1.54) is 4.90 Å². The van der Waals surface area contributed by atoms with Crippen LogP contribution in [0.3, 0.4) is 0 Å². The first-order chi connectivity index (χ1) is 16.0. The Hall–Kier alpha value is -3.22. The minimum absolute atomic E-state index is 0.185. The van der Waals surface area contributed by atoms with Crippen molar-refractivity contribution in [2.24, 2.45) is 0 Å². The number of halogens is 1. The molecule has 0 atom stereocenters. The molecular formula is C26H22ClNO4S. The number of para-hydroxylation sites is 1. The molecule has 0 N–H and O–H groups in total. The van der Waals surface area contributed by atoms with Crippen molar-refractivity contribution in [2.75, 3.05) is 13.2 Å². The lowest BCUT2D eigenvalue weighted by Crippen LogP contribution is -2.32. The summed E-state index contributed by atoms with van der Waals surface area (Å²) >= 11 is 6.86. The molecule has 0 saturated carbocycles. The van der Waals surface area contributed by atoms with Gasteiger partial charge in [0.2, 0.25) is 0 Å². The molecule has 7 heteroatoms. The van der Waals surface area contributed by atoms with Crippen LogP contribution in [0.25, 0.3) is 6.08 Å². The molecule has 1 fully saturated rings. The summed E-state index contributed by atoms with van der Waals surface area (Å²) in [5.41, 5.74) is 2.79. The van der Waals surface area contributed by atoms with E-state index in [0.29, 0.717) is 28.0 Å². The lowest BCUT2D eigenvalue weighted by atomic mass is 10.1. The van der Waals surface area contributed by atoms with Gasteiger partial charge in [-0.05, 0) is 66.2 Å². The van der Waals surface area contributed by atoms with Crippen LogP contribution in [-0.2, 0) is 11.4 Å². The number of rotatable bonds is 8. The number of aryl methyl sites for hydroxylation is 1. The molecule has 0 unspecified atom stereocenters. The molecule has 1 heterocycles. The molecule has 2 amide bonds. The van der Waals surface area contributed by atoms with Crippen molar-refractivity contribution in [2.45, 2.75) is 13.5 Å². The van der Waals surface area contributed by atoms with E-state index in [-0.39, 0.29) is 24.3 Å². The Morgan fingerprint density at radius 1 is 0.970 bits per heavy atom. The number of thioether (sulfide) groups is 1. The second-order valence-electron chi connectivity index (χ2n) is 7.45. The predicted molar refractivity (Wildman–Crippen MR) is 132 cm³/mol. The fourth-order valence-electron chi connectivity index (χ4n) is 3.27. The maximum atomic E-state index is 12.8. The zero-order valence-corrected chi connectivity index (χ0v) is 19.6. The van der Waals surface area contributed by atoms with Crippen molar-refractivity contribution in [3.63, 3.8) is 0 Å². The van der Waals surface area contributed by atoms with E-state index < -0.39 is 0 Å². The van der Waals surface area contributed by atoms with E-state index in [1.54, 1.807) is 6.08 Å². The van der Waals surface area contributed by atoms with Gasteiger partial charge in [0.1, 0.15) is 24.7 Å². The summed E-state index contributed by atoms with van der Waals surface area (Å²) in [6, 6.07) is 22.5. The summed E-state index contributed by atoms with van der Waals surface area (Å²) in [5.74, 6) is 1.01. The van der Waals surface area contributed by atoms with Crippen LogP contribution < -0.4 is 9.47 Å². The van der Waals surface area contributed by atoms with Crippen LogP contribution >= 0.6 is 23.4 Å². The van der Waals surface area contributed by atoms with Gasteiger partial charge in [-0.1, -0.05) is 54.1 Å². The standard InChI is InChI=1S/C26H22ClNO4S/c1-18-5-4-7-22(15-18)31-14-13-28-25(29)24(33-26(28)30)16-20-6-2-3-8-23(20)32-17-19-9-11-21(27)12-10-19/h2-12,15-16H,13-14,17H2,1H3/b24-16-. The number of nitrogens with zero attached hydrogens (tertiary/aromatic N) is 1. The van der Waals surface area contributed by atoms with Gasteiger partial charge in [-0.15, -0.1) is 0 Å². The molecule has 0 radical (unpaired) electrons. The van der Waals surface area contributed by atoms with E-state index >= 15 is 0 Å². The molecule has 168 valence electrons. The number of hydrogen-bond donors (Lipinski definition) is 0. The van der Waals surface area contributed by atoms with Crippen molar-refractivity contribution in [1.82, 2.24) is 4.90 Å². The van der Waals surface area contributed by atoms with Gasteiger partial charge in [-0.3, -0.25) is 14.5 Å². The molecule has 0 aromatic heterocycles. The fourth-order valence-corrected chi connectivity index (χ4v) is 4.25. The number of hydrogen-bond acceptors (Lipinski definition) is 5. The first-order valence-corrected chi connectivity index (χ1v) is 11.6. The van der Waals surface area contributed by atoms with Crippen LogP contribution in [0.5, 0.6) is 11.5 Å². The zero-order valence-electron chi connectivity index (χ0n) is 18.0. The summed E-state index contributed by atoms with van der Waals surface area (Å²) < 4.78 is 11.7.